The number of aliphatic hydroxyl groups is 1. The van der Waals surface area contributed by atoms with Gasteiger partial charge in [0.2, 0.25) is 0 Å². The molecule has 2 atom stereocenters. The van der Waals surface area contributed by atoms with E-state index in [0.717, 1.165) is 18.5 Å². The van der Waals surface area contributed by atoms with Crippen molar-refractivity contribution in [3.63, 3.8) is 0 Å². The largest absolute Gasteiger partial charge is 0.508 e. The van der Waals surface area contributed by atoms with E-state index in [1.165, 1.54) is 19.3 Å². The molecule has 1 saturated heterocycles. The Balaban J connectivity index is 1.90. The number of likely N-dealkylation sites (tertiary alicyclic amines) is 1. The van der Waals surface area contributed by atoms with Crippen molar-refractivity contribution in [2.75, 3.05) is 6.54 Å². The van der Waals surface area contributed by atoms with Crippen LogP contribution in [0.2, 0.25) is 0 Å². The molecule has 0 aromatic heterocycles. The highest BCUT2D eigenvalue weighted by Gasteiger charge is 2.40. The summed E-state index contributed by atoms with van der Waals surface area (Å²) in [7, 11) is 0. The molecule has 2 N–H and O–H groups in total. The highest BCUT2D eigenvalue weighted by Crippen LogP contribution is 2.41. The van der Waals surface area contributed by atoms with Gasteiger partial charge in [-0.1, -0.05) is 24.6 Å². The van der Waals surface area contributed by atoms with Crippen molar-refractivity contribution >= 4 is 0 Å². The summed E-state index contributed by atoms with van der Waals surface area (Å²) in [5.41, 5.74) is 0.879. The fourth-order valence-corrected chi connectivity index (χ4v) is 3.05. The van der Waals surface area contributed by atoms with Gasteiger partial charge in [0.15, 0.2) is 0 Å². The molecule has 1 aromatic rings. The summed E-state index contributed by atoms with van der Waals surface area (Å²) in [4.78, 5) is 2.38. The first-order valence-corrected chi connectivity index (χ1v) is 6.49. The molecule has 3 rings (SSSR count). The van der Waals surface area contributed by atoms with Gasteiger partial charge in [-0.2, -0.15) is 0 Å². The molecular formula is C14H19NO2. The number of hydrogen-bond donors (Lipinski definition) is 2. The first kappa shape index (κ1) is 11.1. The van der Waals surface area contributed by atoms with E-state index in [9.17, 15) is 10.2 Å². The SMILES string of the molecule is Oc1ccccc1C1C(O)CCN1C1CCC1. The van der Waals surface area contributed by atoms with Crippen LogP contribution in [-0.4, -0.2) is 33.8 Å². The summed E-state index contributed by atoms with van der Waals surface area (Å²) in [6.45, 7) is 0.949. The highest BCUT2D eigenvalue weighted by atomic mass is 16.3. The van der Waals surface area contributed by atoms with Crippen LogP contribution in [0.25, 0.3) is 0 Å². The van der Waals surface area contributed by atoms with Crippen molar-refractivity contribution in [2.24, 2.45) is 0 Å². The van der Waals surface area contributed by atoms with Crippen molar-refractivity contribution in [3.8, 4) is 5.75 Å². The van der Waals surface area contributed by atoms with Gasteiger partial charge < -0.3 is 10.2 Å². The van der Waals surface area contributed by atoms with Crippen molar-refractivity contribution in [1.29, 1.82) is 0 Å². The highest BCUT2D eigenvalue weighted by molar-refractivity contribution is 5.36. The average molecular weight is 233 g/mol. The van der Waals surface area contributed by atoms with E-state index >= 15 is 0 Å². The van der Waals surface area contributed by atoms with E-state index in [1.807, 2.05) is 18.2 Å². The molecule has 1 aliphatic heterocycles. The average Bonchev–Trinajstić information content (AvgIpc) is 2.59. The Morgan fingerprint density at radius 3 is 2.53 bits per heavy atom. The van der Waals surface area contributed by atoms with E-state index in [0.29, 0.717) is 11.8 Å². The molecule has 1 aliphatic carbocycles. The maximum absolute atomic E-state index is 10.2. The quantitative estimate of drug-likeness (QED) is 0.821. The molecule has 17 heavy (non-hydrogen) atoms. The Hall–Kier alpha value is -1.06. The van der Waals surface area contributed by atoms with E-state index in [4.69, 9.17) is 0 Å². The zero-order valence-corrected chi connectivity index (χ0v) is 9.92. The predicted molar refractivity (Wildman–Crippen MR) is 65.8 cm³/mol. The summed E-state index contributed by atoms with van der Waals surface area (Å²) in [6, 6.07) is 7.99. The molecule has 0 bridgehead atoms. The molecule has 3 heteroatoms. The summed E-state index contributed by atoms with van der Waals surface area (Å²) in [5, 5.41) is 20.1. The van der Waals surface area contributed by atoms with Gasteiger partial charge in [-0.3, -0.25) is 4.90 Å². The van der Waals surface area contributed by atoms with Crippen LogP contribution in [0.4, 0.5) is 0 Å². The molecule has 2 fully saturated rings. The molecule has 0 radical (unpaired) electrons. The minimum atomic E-state index is -0.344. The van der Waals surface area contributed by atoms with Gasteiger partial charge >= 0.3 is 0 Å². The van der Waals surface area contributed by atoms with Gasteiger partial charge in [0.1, 0.15) is 5.75 Å². The Morgan fingerprint density at radius 1 is 1.12 bits per heavy atom. The van der Waals surface area contributed by atoms with Gasteiger partial charge in [-0.15, -0.1) is 0 Å². The lowest BCUT2D eigenvalue weighted by atomic mass is 9.89. The van der Waals surface area contributed by atoms with Crippen LogP contribution < -0.4 is 0 Å². The molecular weight excluding hydrogens is 214 g/mol. The number of benzene rings is 1. The van der Waals surface area contributed by atoms with Gasteiger partial charge in [-0.25, -0.2) is 0 Å². The predicted octanol–water partition coefficient (Wildman–Crippen LogP) is 2.05. The monoisotopic (exact) mass is 233 g/mol. The maximum Gasteiger partial charge on any atom is 0.120 e. The number of nitrogens with zero attached hydrogens (tertiary/aromatic N) is 1. The third-order valence-corrected chi connectivity index (χ3v) is 4.20. The molecule has 2 unspecified atom stereocenters. The Kier molecular flexibility index (Phi) is 2.81. The Labute approximate surface area is 102 Å². The molecule has 3 nitrogen and oxygen atoms in total. The summed E-state index contributed by atoms with van der Waals surface area (Å²) >= 11 is 0. The van der Waals surface area contributed by atoms with Crippen LogP contribution in [0.15, 0.2) is 24.3 Å². The van der Waals surface area contributed by atoms with Crippen LogP contribution in [0.5, 0.6) is 5.75 Å². The topological polar surface area (TPSA) is 43.7 Å². The van der Waals surface area contributed by atoms with E-state index < -0.39 is 0 Å². The van der Waals surface area contributed by atoms with Crippen molar-refractivity contribution < 1.29 is 10.2 Å². The maximum atomic E-state index is 10.2. The van der Waals surface area contributed by atoms with Crippen LogP contribution in [-0.2, 0) is 0 Å². The summed E-state index contributed by atoms with van der Waals surface area (Å²) in [5.74, 6) is 0.308. The minimum Gasteiger partial charge on any atom is -0.508 e. The Morgan fingerprint density at radius 2 is 1.88 bits per heavy atom. The number of aliphatic hydroxyl groups excluding tert-OH is 1. The molecule has 1 heterocycles. The Bertz CT molecular complexity index is 403. The third-order valence-electron chi connectivity index (χ3n) is 4.20. The molecule has 1 saturated carbocycles. The van der Waals surface area contributed by atoms with E-state index in [1.54, 1.807) is 6.07 Å². The van der Waals surface area contributed by atoms with E-state index in [-0.39, 0.29) is 12.1 Å². The second kappa shape index (κ2) is 4.31. The lowest BCUT2D eigenvalue weighted by molar-refractivity contribution is 0.0618. The van der Waals surface area contributed by atoms with Crippen LogP contribution in [0, 0.1) is 0 Å². The molecule has 0 amide bonds. The smallest absolute Gasteiger partial charge is 0.120 e. The molecule has 0 spiro atoms. The lowest BCUT2D eigenvalue weighted by Gasteiger charge is -2.39. The molecule has 1 aromatic carbocycles. The summed E-state index contributed by atoms with van der Waals surface area (Å²) in [6.07, 6.45) is 4.23. The van der Waals surface area contributed by atoms with Gasteiger partial charge in [0.05, 0.1) is 12.1 Å². The van der Waals surface area contributed by atoms with Gasteiger partial charge in [0, 0.05) is 18.2 Å². The fourth-order valence-electron chi connectivity index (χ4n) is 3.05. The standard InChI is InChI=1S/C14H19NO2/c16-12-7-2-1-6-11(12)14-13(17)8-9-15(14)10-4-3-5-10/h1-2,6-7,10,13-14,16-17H,3-5,8-9H2. The lowest BCUT2D eigenvalue weighted by Crippen LogP contribution is -2.41. The number of hydrogen-bond acceptors (Lipinski definition) is 3. The third kappa shape index (κ3) is 1.83. The van der Waals surface area contributed by atoms with Crippen molar-refractivity contribution in [3.05, 3.63) is 29.8 Å². The first-order chi connectivity index (χ1) is 8.27. The number of rotatable bonds is 2. The number of aromatic hydroxyl groups is 1. The second-order valence-corrected chi connectivity index (χ2v) is 5.18. The normalized spacial score (nSPS) is 30.4. The van der Waals surface area contributed by atoms with E-state index in [2.05, 4.69) is 4.90 Å². The first-order valence-electron chi connectivity index (χ1n) is 6.49. The van der Waals surface area contributed by atoms with Gasteiger partial charge in [0.25, 0.3) is 0 Å². The summed E-state index contributed by atoms with van der Waals surface area (Å²) < 4.78 is 0. The van der Waals surface area contributed by atoms with Crippen LogP contribution >= 0.6 is 0 Å². The molecule has 92 valence electrons. The minimum absolute atomic E-state index is 0.0125. The molecule has 2 aliphatic rings. The van der Waals surface area contributed by atoms with Crippen LogP contribution in [0.3, 0.4) is 0 Å². The number of para-hydroxylation sites is 1. The zero-order chi connectivity index (χ0) is 11.8. The fraction of sp³-hybridized carbons (Fsp3) is 0.571. The van der Waals surface area contributed by atoms with Crippen LogP contribution in [0.1, 0.15) is 37.3 Å². The van der Waals surface area contributed by atoms with Gasteiger partial charge in [-0.05, 0) is 25.3 Å². The van der Waals surface area contributed by atoms with Crippen molar-refractivity contribution in [2.45, 2.75) is 43.9 Å². The number of phenols is 1. The van der Waals surface area contributed by atoms with Crippen molar-refractivity contribution in [1.82, 2.24) is 4.90 Å². The number of phenolic OH excluding ortho intramolecular Hbond substituents is 1. The zero-order valence-electron chi connectivity index (χ0n) is 9.92. The second-order valence-electron chi connectivity index (χ2n) is 5.18.